The van der Waals surface area contributed by atoms with Crippen LogP contribution in [0.1, 0.15) is 31.5 Å². The molecule has 0 saturated heterocycles. The van der Waals surface area contributed by atoms with Gasteiger partial charge in [-0.25, -0.2) is 0 Å². The Hall–Kier alpha value is -1.01. The first-order valence-corrected chi connectivity index (χ1v) is 7.22. The number of methoxy groups -OCH3 is 1. The SMILES string of the molecule is COCCNCC(Cc1nnn(C)n1)C1CCCC1. The summed E-state index contributed by atoms with van der Waals surface area (Å²) in [5.41, 5.74) is 0. The van der Waals surface area contributed by atoms with Crippen LogP contribution in [0.4, 0.5) is 0 Å². The second-order valence-electron chi connectivity index (χ2n) is 5.40. The Morgan fingerprint density at radius 3 is 2.84 bits per heavy atom. The first-order valence-electron chi connectivity index (χ1n) is 7.22. The van der Waals surface area contributed by atoms with Gasteiger partial charge in [0, 0.05) is 20.1 Å². The Bertz CT molecular complexity index is 362. The number of hydrogen-bond donors (Lipinski definition) is 1. The highest BCUT2D eigenvalue weighted by Gasteiger charge is 2.26. The van der Waals surface area contributed by atoms with E-state index in [4.69, 9.17) is 4.74 Å². The lowest BCUT2D eigenvalue weighted by molar-refractivity contribution is 0.195. The molecule has 1 aromatic rings. The van der Waals surface area contributed by atoms with Crippen LogP contribution < -0.4 is 5.32 Å². The zero-order valence-corrected chi connectivity index (χ0v) is 12.0. The van der Waals surface area contributed by atoms with E-state index in [1.807, 2.05) is 7.05 Å². The molecule has 6 nitrogen and oxygen atoms in total. The second kappa shape index (κ2) is 7.55. The van der Waals surface area contributed by atoms with Gasteiger partial charge < -0.3 is 10.1 Å². The van der Waals surface area contributed by atoms with Crippen molar-refractivity contribution in [3.8, 4) is 0 Å². The minimum Gasteiger partial charge on any atom is -0.383 e. The Morgan fingerprint density at radius 2 is 2.21 bits per heavy atom. The first-order chi connectivity index (χ1) is 9.29. The summed E-state index contributed by atoms with van der Waals surface area (Å²) in [6, 6.07) is 0. The predicted octanol–water partition coefficient (Wildman–Crippen LogP) is 0.795. The maximum absolute atomic E-state index is 5.07. The number of rotatable bonds is 8. The fourth-order valence-electron chi connectivity index (χ4n) is 2.94. The zero-order valence-electron chi connectivity index (χ0n) is 12.0. The summed E-state index contributed by atoms with van der Waals surface area (Å²) in [5.74, 6) is 2.29. The Labute approximate surface area is 114 Å². The van der Waals surface area contributed by atoms with Crippen LogP contribution in [-0.2, 0) is 18.2 Å². The average Bonchev–Trinajstić information content (AvgIpc) is 3.04. The van der Waals surface area contributed by atoms with E-state index in [-0.39, 0.29) is 0 Å². The smallest absolute Gasteiger partial charge is 0.175 e. The third-order valence-electron chi connectivity index (χ3n) is 3.95. The summed E-state index contributed by atoms with van der Waals surface area (Å²) in [6.07, 6.45) is 6.35. The Morgan fingerprint density at radius 1 is 1.42 bits per heavy atom. The summed E-state index contributed by atoms with van der Waals surface area (Å²) < 4.78 is 5.07. The van der Waals surface area contributed by atoms with Crippen molar-refractivity contribution in [1.82, 2.24) is 25.5 Å². The molecule has 1 fully saturated rings. The molecule has 2 rings (SSSR count). The largest absolute Gasteiger partial charge is 0.383 e. The normalized spacial score (nSPS) is 18.0. The molecule has 0 spiro atoms. The van der Waals surface area contributed by atoms with Gasteiger partial charge in [0.05, 0.1) is 13.7 Å². The maximum atomic E-state index is 5.07. The topological polar surface area (TPSA) is 64.9 Å². The standard InChI is InChI=1S/C13H25N5O/c1-18-16-13(15-17-18)9-12(10-14-7-8-19-2)11-5-3-4-6-11/h11-12,14H,3-10H2,1-2H3. The first kappa shape index (κ1) is 14.4. The minimum absolute atomic E-state index is 0.614. The zero-order chi connectivity index (χ0) is 13.5. The average molecular weight is 267 g/mol. The van der Waals surface area contributed by atoms with E-state index < -0.39 is 0 Å². The van der Waals surface area contributed by atoms with Crippen LogP contribution in [0.2, 0.25) is 0 Å². The van der Waals surface area contributed by atoms with Crippen molar-refractivity contribution in [2.24, 2.45) is 18.9 Å². The molecule has 0 amide bonds. The molecule has 6 heteroatoms. The fourth-order valence-corrected chi connectivity index (χ4v) is 2.94. The Balaban J connectivity index is 1.85. The summed E-state index contributed by atoms with van der Waals surface area (Å²) in [7, 11) is 3.55. The van der Waals surface area contributed by atoms with Crippen LogP contribution in [0.5, 0.6) is 0 Å². The van der Waals surface area contributed by atoms with Gasteiger partial charge >= 0.3 is 0 Å². The van der Waals surface area contributed by atoms with E-state index in [2.05, 4.69) is 20.7 Å². The van der Waals surface area contributed by atoms with Gasteiger partial charge in [0.1, 0.15) is 0 Å². The van der Waals surface area contributed by atoms with Gasteiger partial charge in [0.25, 0.3) is 0 Å². The van der Waals surface area contributed by atoms with E-state index >= 15 is 0 Å². The van der Waals surface area contributed by atoms with Crippen LogP contribution in [0.25, 0.3) is 0 Å². The molecule has 0 radical (unpaired) electrons. The van der Waals surface area contributed by atoms with Crippen molar-refractivity contribution in [1.29, 1.82) is 0 Å². The van der Waals surface area contributed by atoms with Gasteiger partial charge in [-0.2, -0.15) is 4.80 Å². The highest BCUT2D eigenvalue weighted by Crippen LogP contribution is 2.32. The van der Waals surface area contributed by atoms with Gasteiger partial charge in [-0.05, 0) is 23.6 Å². The molecule has 1 aliphatic carbocycles. The van der Waals surface area contributed by atoms with Crippen LogP contribution in [0.3, 0.4) is 0 Å². The lowest BCUT2D eigenvalue weighted by Gasteiger charge is -2.22. The summed E-state index contributed by atoms with van der Waals surface area (Å²) >= 11 is 0. The highest BCUT2D eigenvalue weighted by molar-refractivity contribution is 4.87. The number of aryl methyl sites for hydroxylation is 1. The van der Waals surface area contributed by atoms with Crippen LogP contribution in [0, 0.1) is 11.8 Å². The summed E-state index contributed by atoms with van der Waals surface area (Å²) in [5, 5.41) is 15.8. The molecule has 1 heterocycles. The van der Waals surface area contributed by atoms with Crippen molar-refractivity contribution >= 4 is 0 Å². The maximum Gasteiger partial charge on any atom is 0.175 e. The van der Waals surface area contributed by atoms with Gasteiger partial charge in [-0.15, -0.1) is 10.2 Å². The molecule has 1 N–H and O–H groups in total. The molecular formula is C13H25N5O. The molecule has 1 saturated carbocycles. The molecule has 1 aromatic heterocycles. The molecular weight excluding hydrogens is 242 g/mol. The molecule has 1 unspecified atom stereocenters. The van der Waals surface area contributed by atoms with Gasteiger partial charge in [-0.1, -0.05) is 25.7 Å². The van der Waals surface area contributed by atoms with Gasteiger partial charge in [0.15, 0.2) is 5.82 Å². The van der Waals surface area contributed by atoms with E-state index in [0.29, 0.717) is 5.92 Å². The fraction of sp³-hybridized carbons (Fsp3) is 0.923. The number of ether oxygens (including phenoxy) is 1. The number of nitrogens with one attached hydrogen (secondary N) is 1. The van der Waals surface area contributed by atoms with Crippen LogP contribution in [0.15, 0.2) is 0 Å². The van der Waals surface area contributed by atoms with Gasteiger partial charge in [-0.3, -0.25) is 0 Å². The number of tetrazole rings is 1. The molecule has 0 aromatic carbocycles. The Kier molecular flexibility index (Phi) is 5.72. The van der Waals surface area contributed by atoms with Gasteiger partial charge in [0.2, 0.25) is 0 Å². The van der Waals surface area contributed by atoms with Crippen LogP contribution >= 0.6 is 0 Å². The van der Waals surface area contributed by atoms with Crippen molar-refractivity contribution in [3.05, 3.63) is 5.82 Å². The van der Waals surface area contributed by atoms with Crippen molar-refractivity contribution in [2.45, 2.75) is 32.1 Å². The lowest BCUT2D eigenvalue weighted by Crippen LogP contribution is -2.31. The van der Waals surface area contributed by atoms with Crippen molar-refractivity contribution < 1.29 is 4.74 Å². The number of aromatic nitrogens is 4. The van der Waals surface area contributed by atoms with E-state index in [1.165, 1.54) is 25.7 Å². The second-order valence-corrected chi connectivity index (χ2v) is 5.40. The number of nitrogens with zero attached hydrogens (tertiary/aromatic N) is 4. The molecule has 1 aliphatic rings. The summed E-state index contributed by atoms with van der Waals surface area (Å²) in [6.45, 7) is 2.70. The van der Waals surface area contributed by atoms with Crippen molar-refractivity contribution in [3.63, 3.8) is 0 Å². The quantitative estimate of drug-likeness (QED) is 0.706. The third-order valence-corrected chi connectivity index (χ3v) is 3.95. The number of hydrogen-bond acceptors (Lipinski definition) is 5. The molecule has 108 valence electrons. The van der Waals surface area contributed by atoms with Crippen molar-refractivity contribution in [2.75, 3.05) is 26.8 Å². The van der Waals surface area contributed by atoms with E-state index in [1.54, 1.807) is 11.9 Å². The molecule has 0 bridgehead atoms. The van der Waals surface area contributed by atoms with E-state index in [9.17, 15) is 0 Å². The third kappa shape index (κ3) is 4.54. The highest BCUT2D eigenvalue weighted by atomic mass is 16.5. The lowest BCUT2D eigenvalue weighted by atomic mass is 9.88. The summed E-state index contributed by atoms with van der Waals surface area (Å²) in [4.78, 5) is 1.54. The molecule has 1 atom stereocenters. The molecule has 19 heavy (non-hydrogen) atoms. The monoisotopic (exact) mass is 267 g/mol. The predicted molar refractivity (Wildman–Crippen MR) is 72.7 cm³/mol. The van der Waals surface area contributed by atoms with Crippen LogP contribution in [-0.4, -0.2) is 47.0 Å². The minimum atomic E-state index is 0.614. The van der Waals surface area contributed by atoms with E-state index in [0.717, 1.165) is 37.9 Å². The molecule has 0 aliphatic heterocycles.